The second-order valence-electron chi connectivity index (χ2n) is 3.89. The lowest BCUT2D eigenvalue weighted by Gasteiger charge is -2.20. The molecule has 0 aromatic carbocycles. The van der Waals surface area contributed by atoms with Gasteiger partial charge in [0.2, 0.25) is 10.0 Å². The quantitative estimate of drug-likeness (QED) is 0.557. The molecule has 0 spiro atoms. The molecule has 0 aromatic rings. The van der Waals surface area contributed by atoms with Crippen LogP contribution in [0.2, 0.25) is 0 Å². The molecule has 7 nitrogen and oxygen atoms in total. The molecule has 0 rings (SSSR count). The third kappa shape index (κ3) is 6.90. The Kier molecular flexibility index (Phi) is 8.08. The molecule has 18 heavy (non-hydrogen) atoms. The summed E-state index contributed by atoms with van der Waals surface area (Å²) < 4.78 is 33.7. The Morgan fingerprint density at radius 2 is 2.00 bits per heavy atom. The van der Waals surface area contributed by atoms with E-state index in [1.165, 1.54) is 21.3 Å². The topological polar surface area (TPSA) is 93.1 Å². The fraction of sp³-hybridized carbons (Fsp3) is 0.900. The molecule has 0 amide bonds. The molecular weight excluding hydrogens is 262 g/mol. The summed E-state index contributed by atoms with van der Waals surface area (Å²) in [6.45, 7) is 0.0381. The van der Waals surface area contributed by atoms with Crippen molar-refractivity contribution in [2.75, 3.05) is 40.2 Å². The van der Waals surface area contributed by atoms with Gasteiger partial charge in [-0.1, -0.05) is 0 Å². The van der Waals surface area contributed by atoms with E-state index in [-0.39, 0.29) is 31.7 Å². The Balaban J connectivity index is 4.15. The molecule has 0 heterocycles. The van der Waals surface area contributed by atoms with Crippen LogP contribution in [0, 0.1) is 0 Å². The molecule has 0 aliphatic heterocycles. The highest BCUT2D eigenvalue weighted by Gasteiger charge is 2.20. The van der Waals surface area contributed by atoms with Crippen LogP contribution in [-0.2, 0) is 24.3 Å². The van der Waals surface area contributed by atoms with Gasteiger partial charge in [-0.2, -0.15) is 0 Å². The van der Waals surface area contributed by atoms with Crippen LogP contribution in [0.4, 0.5) is 0 Å². The molecule has 1 atom stereocenters. The maximum atomic E-state index is 11.8. The van der Waals surface area contributed by atoms with E-state index in [1.54, 1.807) is 0 Å². The molecule has 0 aromatic heterocycles. The number of hydrogen-bond acceptors (Lipinski definition) is 6. The molecule has 108 valence electrons. The zero-order chi connectivity index (χ0) is 14.2. The summed E-state index contributed by atoms with van der Waals surface area (Å²) in [5, 5.41) is 9.43. The van der Waals surface area contributed by atoms with E-state index >= 15 is 0 Å². The van der Waals surface area contributed by atoms with Crippen molar-refractivity contribution in [3.05, 3.63) is 0 Å². The maximum absolute atomic E-state index is 11.8. The van der Waals surface area contributed by atoms with Gasteiger partial charge in [0.05, 0.1) is 25.6 Å². The molecular formula is C10H21NO6S. The molecule has 0 radical (unpaired) electrons. The number of likely N-dealkylation sites (N-methyl/N-ethyl adjacent to an activating group) is 1. The number of hydrogen-bond donors (Lipinski definition) is 1. The van der Waals surface area contributed by atoms with Gasteiger partial charge in [0.15, 0.2) is 0 Å². The SMILES string of the molecule is COCC(O)CN(C)S(=O)(=O)CCCC(=O)OC. The van der Waals surface area contributed by atoms with Crippen molar-refractivity contribution in [2.24, 2.45) is 0 Å². The molecule has 0 saturated carbocycles. The lowest BCUT2D eigenvalue weighted by atomic mass is 10.3. The van der Waals surface area contributed by atoms with E-state index < -0.39 is 22.1 Å². The van der Waals surface area contributed by atoms with E-state index in [0.717, 1.165) is 4.31 Å². The lowest BCUT2D eigenvalue weighted by Crippen LogP contribution is -2.37. The summed E-state index contributed by atoms with van der Waals surface area (Å²) in [5.41, 5.74) is 0. The monoisotopic (exact) mass is 283 g/mol. The number of sulfonamides is 1. The summed E-state index contributed by atoms with van der Waals surface area (Å²) in [7, 11) is 0.592. The zero-order valence-corrected chi connectivity index (χ0v) is 11.8. The normalized spacial score (nSPS) is 13.6. The Morgan fingerprint density at radius 3 is 2.50 bits per heavy atom. The van der Waals surface area contributed by atoms with Crippen LogP contribution in [0.15, 0.2) is 0 Å². The van der Waals surface area contributed by atoms with Crippen LogP contribution < -0.4 is 0 Å². The summed E-state index contributed by atoms with van der Waals surface area (Å²) >= 11 is 0. The number of aliphatic hydroxyl groups excluding tert-OH is 1. The number of methoxy groups -OCH3 is 2. The van der Waals surface area contributed by atoms with Gasteiger partial charge < -0.3 is 14.6 Å². The minimum atomic E-state index is -3.47. The van der Waals surface area contributed by atoms with E-state index in [4.69, 9.17) is 4.74 Å². The first-order chi connectivity index (χ1) is 8.33. The summed E-state index contributed by atoms with van der Waals surface area (Å²) in [6, 6.07) is 0. The highest BCUT2D eigenvalue weighted by Crippen LogP contribution is 2.04. The largest absolute Gasteiger partial charge is 0.469 e. The lowest BCUT2D eigenvalue weighted by molar-refractivity contribution is -0.140. The predicted octanol–water partition coefficient (Wildman–Crippen LogP) is -0.791. The molecule has 8 heteroatoms. The van der Waals surface area contributed by atoms with Gasteiger partial charge in [-0.25, -0.2) is 12.7 Å². The zero-order valence-electron chi connectivity index (χ0n) is 11.0. The van der Waals surface area contributed by atoms with Gasteiger partial charge in [0.1, 0.15) is 0 Å². The fourth-order valence-electron chi connectivity index (χ4n) is 1.31. The van der Waals surface area contributed by atoms with E-state index in [1.807, 2.05) is 0 Å². The Morgan fingerprint density at radius 1 is 1.39 bits per heavy atom. The molecule has 0 saturated heterocycles. The van der Waals surface area contributed by atoms with E-state index in [0.29, 0.717) is 0 Å². The average Bonchev–Trinajstić information content (AvgIpc) is 2.28. The summed E-state index contributed by atoms with van der Waals surface area (Å²) in [4.78, 5) is 10.8. The van der Waals surface area contributed by atoms with Gasteiger partial charge >= 0.3 is 5.97 Å². The first-order valence-corrected chi connectivity index (χ1v) is 7.12. The second kappa shape index (κ2) is 8.41. The average molecular weight is 283 g/mol. The predicted molar refractivity (Wildman–Crippen MR) is 65.5 cm³/mol. The Labute approximate surface area is 108 Å². The van der Waals surface area contributed by atoms with Gasteiger partial charge in [0.25, 0.3) is 0 Å². The number of ether oxygens (including phenoxy) is 2. The Bertz CT molecular complexity index is 342. The van der Waals surface area contributed by atoms with Crippen LogP contribution >= 0.6 is 0 Å². The van der Waals surface area contributed by atoms with Gasteiger partial charge in [-0.3, -0.25) is 4.79 Å². The number of carbonyl (C=O) groups is 1. The van der Waals surface area contributed by atoms with E-state index in [2.05, 4.69) is 4.74 Å². The van der Waals surface area contributed by atoms with Crippen molar-refractivity contribution in [3.8, 4) is 0 Å². The third-order valence-electron chi connectivity index (χ3n) is 2.31. The minimum Gasteiger partial charge on any atom is -0.469 e. The minimum absolute atomic E-state index is 0.0333. The van der Waals surface area contributed by atoms with Crippen molar-refractivity contribution in [3.63, 3.8) is 0 Å². The summed E-state index contributed by atoms with van der Waals surface area (Å²) in [6.07, 6.45) is -0.612. The number of aliphatic hydroxyl groups is 1. The van der Waals surface area contributed by atoms with Crippen molar-refractivity contribution in [1.29, 1.82) is 0 Å². The first kappa shape index (κ1) is 17.3. The second-order valence-corrected chi connectivity index (χ2v) is 6.08. The number of nitrogens with zero attached hydrogens (tertiary/aromatic N) is 1. The highest BCUT2D eigenvalue weighted by atomic mass is 32.2. The number of esters is 1. The number of rotatable bonds is 9. The molecule has 0 aliphatic rings. The van der Waals surface area contributed by atoms with Crippen molar-refractivity contribution >= 4 is 16.0 Å². The van der Waals surface area contributed by atoms with Gasteiger partial charge in [0, 0.05) is 27.1 Å². The third-order valence-corrected chi connectivity index (χ3v) is 4.22. The van der Waals surface area contributed by atoms with Crippen molar-refractivity contribution < 1.29 is 27.8 Å². The van der Waals surface area contributed by atoms with Crippen LogP contribution in [0.1, 0.15) is 12.8 Å². The van der Waals surface area contributed by atoms with Crippen molar-refractivity contribution in [1.82, 2.24) is 4.31 Å². The van der Waals surface area contributed by atoms with Gasteiger partial charge in [-0.15, -0.1) is 0 Å². The molecule has 0 aliphatic carbocycles. The van der Waals surface area contributed by atoms with Crippen LogP contribution in [0.25, 0.3) is 0 Å². The molecule has 1 unspecified atom stereocenters. The highest BCUT2D eigenvalue weighted by molar-refractivity contribution is 7.89. The van der Waals surface area contributed by atoms with Crippen LogP contribution in [-0.4, -0.2) is 70.1 Å². The van der Waals surface area contributed by atoms with Gasteiger partial charge in [-0.05, 0) is 6.42 Å². The summed E-state index contributed by atoms with van der Waals surface area (Å²) in [5.74, 6) is -0.592. The van der Waals surface area contributed by atoms with E-state index in [9.17, 15) is 18.3 Å². The Hall–Kier alpha value is -0.700. The van der Waals surface area contributed by atoms with Crippen LogP contribution in [0.3, 0.4) is 0 Å². The first-order valence-electron chi connectivity index (χ1n) is 5.51. The smallest absolute Gasteiger partial charge is 0.305 e. The fourth-order valence-corrected chi connectivity index (χ4v) is 2.53. The number of carbonyl (C=O) groups excluding carboxylic acids is 1. The van der Waals surface area contributed by atoms with Crippen LogP contribution in [0.5, 0.6) is 0 Å². The molecule has 1 N–H and O–H groups in total. The molecule has 0 bridgehead atoms. The standard InChI is InChI=1S/C10H21NO6S/c1-11(7-9(12)8-16-2)18(14,15)6-4-5-10(13)17-3/h9,12H,4-8H2,1-3H3. The molecule has 0 fully saturated rings. The maximum Gasteiger partial charge on any atom is 0.305 e. The van der Waals surface area contributed by atoms with Crippen molar-refractivity contribution in [2.45, 2.75) is 18.9 Å².